The number of hydrogen-bond donors (Lipinski definition) is 3. The molecule has 74 valence electrons. The van der Waals surface area contributed by atoms with Crippen LogP contribution in [0.3, 0.4) is 0 Å². The highest BCUT2D eigenvalue weighted by Gasteiger charge is 2.23. The Morgan fingerprint density at radius 1 is 1.25 bits per heavy atom. The summed E-state index contributed by atoms with van der Waals surface area (Å²) in [5.74, 6) is 0. The Morgan fingerprint density at radius 2 is 1.67 bits per heavy atom. The normalized spacial score (nSPS) is 10.6. The second-order valence-electron chi connectivity index (χ2n) is 2.59. The minimum absolute atomic E-state index is 0. The standard InChI is InChI=1S/C8H15ClO2.H3N/c1-2-3-8(9,4-6-10)5-7-11;/h2,10-11H,1,3-7H2;1H3. The molecule has 0 spiro atoms. The van der Waals surface area contributed by atoms with E-state index >= 15 is 0 Å². The SMILES string of the molecule is C=CCC(Cl)(CCO)CCO.N. The molecule has 0 rings (SSSR count). The van der Waals surface area contributed by atoms with E-state index in [-0.39, 0.29) is 19.4 Å². The van der Waals surface area contributed by atoms with Gasteiger partial charge in [0.25, 0.3) is 0 Å². The van der Waals surface area contributed by atoms with E-state index in [0.29, 0.717) is 19.3 Å². The fraction of sp³-hybridized carbons (Fsp3) is 0.750. The molecule has 0 unspecified atom stereocenters. The van der Waals surface area contributed by atoms with Gasteiger partial charge >= 0.3 is 0 Å². The third-order valence-electron chi connectivity index (χ3n) is 1.63. The predicted octanol–water partition coefficient (Wildman–Crippen LogP) is 1.47. The van der Waals surface area contributed by atoms with E-state index in [9.17, 15) is 0 Å². The van der Waals surface area contributed by atoms with Gasteiger partial charge in [-0.3, -0.25) is 0 Å². The maximum atomic E-state index is 8.65. The van der Waals surface area contributed by atoms with Crippen LogP contribution < -0.4 is 6.15 Å². The maximum absolute atomic E-state index is 8.65. The maximum Gasteiger partial charge on any atom is 0.0524 e. The molecule has 0 aromatic heterocycles. The molecule has 0 aromatic rings. The smallest absolute Gasteiger partial charge is 0.0524 e. The first-order chi connectivity index (χ1) is 5.18. The summed E-state index contributed by atoms with van der Waals surface area (Å²) in [5.41, 5.74) is 0. The van der Waals surface area contributed by atoms with Gasteiger partial charge in [0.05, 0.1) is 4.87 Å². The number of allylic oxidation sites excluding steroid dienone is 1. The van der Waals surface area contributed by atoms with Crippen LogP contribution in [0.2, 0.25) is 0 Å². The van der Waals surface area contributed by atoms with E-state index < -0.39 is 4.87 Å². The van der Waals surface area contributed by atoms with Gasteiger partial charge in [0.1, 0.15) is 0 Å². The van der Waals surface area contributed by atoms with Gasteiger partial charge in [0, 0.05) is 13.2 Å². The minimum atomic E-state index is -0.495. The number of rotatable bonds is 6. The fourth-order valence-electron chi connectivity index (χ4n) is 0.989. The molecule has 0 atom stereocenters. The molecule has 0 aliphatic heterocycles. The Kier molecular flexibility index (Phi) is 9.09. The number of alkyl halides is 1. The Hall–Kier alpha value is -0.0900. The van der Waals surface area contributed by atoms with Gasteiger partial charge in [0.15, 0.2) is 0 Å². The van der Waals surface area contributed by atoms with E-state index in [2.05, 4.69) is 6.58 Å². The summed E-state index contributed by atoms with van der Waals surface area (Å²) in [6.07, 6.45) is 3.33. The molecule has 4 heteroatoms. The largest absolute Gasteiger partial charge is 0.396 e. The molecule has 0 aromatic carbocycles. The molecule has 0 radical (unpaired) electrons. The molecule has 0 aliphatic carbocycles. The van der Waals surface area contributed by atoms with Crippen LogP contribution >= 0.6 is 11.6 Å². The van der Waals surface area contributed by atoms with Crippen LogP contribution in [-0.4, -0.2) is 28.3 Å². The summed E-state index contributed by atoms with van der Waals surface area (Å²) in [5, 5.41) is 17.3. The van der Waals surface area contributed by atoms with Crippen molar-refractivity contribution in [2.24, 2.45) is 0 Å². The van der Waals surface area contributed by atoms with Crippen molar-refractivity contribution in [3.8, 4) is 0 Å². The molecule has 0 amide bonds. The van der Waals surface area contributed by atoms with Crippen LogP contribution in [0.5, 0.6) is 0 Å². The number of aliphatic hydroxyl groups excluding tert-OH is 2. The topological polar surface area (TPSA) is 75.5 Å². The summed E-state index contributed by atoms with van der Waals surface area (Å²) < 4.78 is 0. The van der Waals surface area contributed by atoms with Crippen molar-refractivity contribution in [3.63, 3.8) is 0 Å². The van der Waals surface area contributed by atoms with Crippen LogP contribution in [-0.2, 0) is 0 Å². The van der Waals surface area contributed by atoms with Gasteiger partial charge in [-0.15, -0.1) is 18.2 Å². The zero-order valence-electron chi connectivity index (χ0n) is 7.30. The Balaban J connectivity index is 0. The van der Waals surface area contributed by atoms with Crippen molar-refractivity contribution >= 4 is 11.6 Å². The molecule has 5 N–H and O–H groups in total. The van der Waals surface area contributed by atoms with Gasteiger partial charge in [-0.2, -0.15) is 0 Å². The number of aliphatic hydroxyl groups is 2. The molecule has 0 saturated heterocycles. The van der Waals surface area contributed by atoms with Gasteiger partial charge in [-0.05, 0) is 19.3 Å². The predicted molar refractivity (Wildman–Crippen MR) is 51.8 cm³/mol. The average molecular weight is 196 g/mol. The Bertz CT molecular complexity index is 114. The van der Waals surface area contributed by atoms with E-state index in [1.807, 2.05) is 0 Å². The molecule has 0 fully saturated rings. The second kappa shape index (κ2) is 7.55. The highest BCUT2D eigenvalue weighted by atomic mass is 35.5. The lowest BCUT2D eigenvalue weighted by Gasteiger charge is -2.23. The molecule has 3 nitrogen and oxygen atoms in total. The lowest BCUT2D eigenvalue weighted by Crippen LogP contribution is -2.23. The van der Waals surface area contributed by atoms with Crippen molar-refractivity contribution < 1.29 is 10.2 Å². The monoisotopic (exact) mass is 195 g/mol. The zero-order chi connectivity index (χ0) is 8.74. The number of hydrogen-bond acceptors (Lipinski definition) is 3. The van der Waals surface area contributed by atoms with Crippen LogP contribution in [0.15, 0.2) is 12.7 Å². The van der Waals surface area contributed by atoms with Crippen molar-refractivity contribution in [1.29, 1.82) is 0 Å². The van der Waals surface area contributed by atoms with Crippen LogP contribution in [0.1, 0.15) is 19.3 Å². The third-order valence-corrected chi connectivity index (χ3v) is 2.16. The van der Waals surface area contributed by atoms with Crippen LogP contribution in [0, 0.1) is 0 Å². The van der Waals surface area contributed by atoms with E-state index in [1.165, 1.54) is 0 Å². The quantitative estimate of drug-likeness (QED) is 0.444. The average Bonchev–Trinajstić information content (AvgIpc) is 1.88. The van der Waals surface area contributed by atoms with E-state index in [4.69, 9.17) is 21.8 Å². The van der Waals surface area contributed by atoms with E-state index in [0.717, 1.165) is 0 Å². The molecule has 0 heterocycles. The third kappa shape index (κ3) is 5.55. The lowest BCUT2D eigenvalue weighted by molar-refractivity contribution is 0.228. The summed E-state index contributed by atoms with van der Waals surface area (Å²) in [6, 6.07) is 0. The Labute approximate surface area is 78.6 Å². The molecule has 0 bridgehead atoms. The van der Waals surface area contributed by atoms with Crippen molar-refractivity contribution in [1.82, 2.24) is 6.15 Å². The molecule has 12 heavy (non-hydrogen) atoms. The minimum Gasteiger partial charge on any atom is -0.396 e. The highest BCUT2D eigenvalue weighted by Crippen LogP contribution is 2.27. The van der Waals surface area contributed by atoms with Gasteiger partial charge in [-0.25, -0.2) is 0 Å². The Morgan fingerprint density at radius 3 is 1.92 bits per heavy atom. The molecular formula is C8H18ClNO2. The van der Waals surface area contributed by atoms with Crippen LogP contribution in [0.25, 0.3) is 0 Å². The highest BCUT2D eigenvalue weighted by molar-refractivity contribution is 6.24. The van der Waals surface area contributed by atoms with Crippen molar-refractivity contribution in [2.45, 2.75) is 24.1 Å². The summed E-state index contributed by atoms with van der Waals surface area (Å²) in [4.78, 5) is -0.495. The first-order valence-corrected chi connectivity index (χ1v) is 4.08. The van der Waals surface area contributed by atoms with Crippen LogP contribution in [0.4, 0.5) is 0 Å². The molecule has 0 aliphatic rings. The second-order valence-corrected chi connectivity index (χ2v) is 3.39. The first-order valence-electron chi connectivity index (χ1n) is 3.70. The fourth-order valence-corrected chi connectivity index (χ4v) is 1.27. The van der Waals surface area contributed by atoms with Gasteiger partial charge in [0.2, 0.25) is 0 Å². The van der Waals surface area contributed by atoms with E-state index in [1.54, 1.807) is 6.08 Å². The summed E-state index contributed by atoms with van der Waals surface area (Å²) in [7, 11) is 0. The van der Waals surface area contributed by atoms with Crippen molar-refractivity contribution in [2.75, 3.05) is 13.2 Å². The summed E-state index contributed by atoms with van der Waals surface area (Å²) >= 11 is 6.05. The molecule has 0 saturated carbocycles. The van der Waals surface area contributed by atoms with Crippen molar-refractivity contribution in [3.05, 3.63) is 12.7 Å². The number of halogens is 1. The van der Waals surface area contributed by atoms with Gasteiger partial charge in [-0.1, -0.05) is 6.08 Å². The lowest BCUT2D eigenvalue weighted by atomic mass is 9.97. The first kappa shape index (κ1) is 14.4. The zero-order valence-corrected chi connectivity index (χ0v) is 8.06. The summed E-state index contributed by atoms with van der Waals surface area (Å²) in [6.45, 7) is 3.67. The molecular weight excluding hydrogens is 178 g/mol. The van der Waals surface area contributed by atoms with Gasteiger partial charge < -0.3 is 16.4 Å².